The number of nitrogens with zero attached hydrogens (tertiary/aromatic N) is 3. The lowest BCUT2D eigenvalue weighted by atomic mass is 10.3. The first-order valence-electron chi connectivity index (χ1n) is 9.18. The highest BCUT2D eigenvalue weighted by Gasteiger charge is 2.39. The van der Waals surface area contributed by atoms with E-state index in [2.05, 4.69) is 24.0 Å². The van der Waals surface area contributed by atoms with E-state index >= 15 is 0 Å². The van der Waals surface area contributed by atoms with E-state index in [1.165, 1.54) is 16.7 Å². The van der Waals surface area contributed by atoms with Crippen molar-refractivity contribution in [1.29, 1.82) is 0 Å². The van der Waals surface area contributed by atoms with Crippen molar-refractivity contribution in [2.75, 3.05) is 25.1 Å². The summed E-state index contributed by atoms with van der Waals surface area (Å²) >= 11 is 3.10. The zero-order valence-electron chi connectivity index (χ0n) is 16.0. The van der Waals surface area contributed by atoms with E-state index in [9.17, 15) is 4.79 Å². The number of aliphatic imine (C=N–C) groups is 1. The summed E-state index contributed by atoms with van der Waals surface area (Å²) in [6.45, 7) is 5.45. The molecule has 7 heteroatoms. The molecule has 0 saturated carbocycles. The summed E-state index contributed by atoms with van der Waals surface area (Å²) in [7, 11) is 1.63. The Morgan fingerprint density at radius 2 is 1.68 bits per heavy atom. The molecular formula is C21H21N3O2S2. The van der Waals surface area contributed by atoms with Gasteiger partial charge >= 0.3 is 0 Å². The monoisotopic (exact) mass is 411 g/mol. The van der Waals surface area contributed by atoms with Crippen molar-refractivity contribution in [3.05, 3.63) is 58.5 Å². The number of rotatable bonds is 4. The quantitative estimate of drug-likeness (QED) is 0.657. The minimum atomic E-state index is 0.00917. The Balaban J connectivity index is 1.76. The predicted molar refractivity (Wildman–Crippen MR) is 117 cm³/mol. The molecule has 2 aromatic carbocycles. The summed E-state index contributed by atoms with van der Waals surface area (Å²) in [6, 6.07) is 15.9. The predicted octanol–water partition coefficient (Wildman–Crippen LogP) is 5.08. The number of hydrogen-bond acceptors (Lipinski definition) is 6. The van der Waals surface area contributed by atoms with Crippen LogP contribution in [0.3, 0.4) is 0 Å². The maximum atomic E-state index is 13.2. The maximum Gasteiger partial charge on any atom is 0.269 e. The molecule has 28 heavy (non-hydrogen) atoms. The molecule has 1 saturated heterocycles. The molecule has 0 aliphatic carbocycles. The Morgan fingerprint density at radius 1 is 0.964 bits per heavy atom. The number of anilines is 1. The van der Waals surface area contributed by atoms with Gasteiger partial charge in [-0.15, -0.1) is 0 Å². The topological polar surface area (TPSA) is 45.1 Å². The second-order valence-electron chi connectivity index (χ2n) is 6.17. The van der Waals surface area contributed by atoms with Crippen molar-refractivity contribution in [2.45, 2.75) is 18.7 Å². The second kappa shape index (κ2) is 7.93. The number of thioether (sulfide) groups is 2. The van der Waals surface area contributed by atoms with Crippen molar-refractivity contribution >= 4 is 46.0 Å². The highest BCUT2D eigenvalue weighted by molar-refractivity contribution is 8.19. The van der Waals surface area contributed by atoms with E-state index in [0.717, 1.165) is 27.9 Å². The average Bonchev–Trinajstić information content (AvgIpc) is 3.25. The Kier molecular flexibility index (Phi) is 5.37. The molecule has 2 aromatic rings. The van der Waals surface area contributed by atoms with Crippen LogP contribution in [-0.4, -0.2) is 36.2 Å². The van der Waals surface area contributed by atoms with Gasteiger partial charge in [-0.2, -0.15) is 0 Å². The summed E-state index contributed by atoms with van der Waals surface area (Å²) in [5.41, 5.74) is 1.88. The summed E-state index contributed by atoms with van der Waals surface area (Å²) in [6.07, 6.45) is 0. The molecule has 2 aliphatic heterocycles. The van der Waals surface area contributed by atoms with Gasteiger partial charge in [0.25, 0.3) is 5.91 Å². The first-order valence-corrected chi connectivity index (χ1v) is 10.8. The normalized spacial score (nSPS) is 20.2. The second-order valence-corrected chi connectivity index (χ2v) is 8.17. The van der Waals surface area contributed by atoms with E-state index in [1.807, 2.05) is 43.3 Å². The van der Waals surface area contributed by atoms with Gasteiger partial charge in [0.05, 0.1) is 12.8 Å². The van der Waals surface area contributed by atoms with Gasteiger partial charge in [0.1, 0.15) is 21.4 Å². The number of carbonyl (C=O) groups is 1. The van der Waals surface area contributed by atoms with Crippen molar-refractivity contribution in [2.24, 2.45) is 4.99 Å². The van der Waals surface area contributed by atoms with Crippen LogP contribution >= 0.6 is 23.5 Å². The Labute approximate surface area is 173 Å². The van der Waals surface area contributed by atoms with E-state index in [4.69, 9.17) is 9.73 Å². The first-order chi connectivity index (χ1) is 13.7. The molecule has 1 fully saturated rings. The molecule has 144 valence electrons. The third-order valence-corrected chi connectivity index (χ3v) is 6.98. The molecule has 0 aromatic heterocycles. The average molecular weight is 412 g/mol. The standard InChI is InChI=1S/C21H21N3O2S2/c1-4-23-15-11-7-9-13-17(15)27-20(23)18-19(25)24(5-2)21(28-18)22-14-10-6-8-12-16(14)26-3/h6-13H,4-5H2,1-3H3/b20-18-,22-21?. The van der Waals surface area contributed by atoms with Gasteiger partial charge in [-0.05, 0) is 49.9 Å². The largest absolute Gasteiger partial charge is 0.494 e. The van der Waals surface area contributed by atoms with Gasteiger partial charge in [0, 0.05) is 18.0 Å². The van der Waals surface area contributed by atoms with Gasteiger partial charge in [-0.1, -0.05) is 36.0 Å². The molecule has 0 N–H and O–H groups in total. The molecule has 1 amide bonds. The molecule has 0 bridgehead atoms. The fourth-order valence-electron chi connectivity index (χ4n) is 3.24. The Hall–Kier alpha value is -2.38. The molecule has 2 aliphatic rings. The molecule has 4 rings (SSSR count). The summed E-state index contributed by atoms with van der Waals surface area (Å²) in [5, 5.41) is 1.68. The molecular weight excluding hydrogens is 390 g/mol. The number of amidine groups is 1. The number of hydrogen-bond donors (Lipinski definition) is 0. The lowest BCUT2D eigenvalue weighted by Gasteiger charge is -2.19. The van der Waals surface area contributed by atoms with E-state index in [-0.39, 0.29) is 5.91 Å². The van der Waals surface area contributed by atoms with Crippen molar-refractivity contribution in [1.82, 2.24) is 4.90 Å². The number of carbonyl (C=O) groups excluding carboxylic acids is 1. The number of methoxy groups -OCH3 is 1. The van der Waals surface area contributed by atoms with Crippen LogP contribution in [0.1, 0.15) is 13.8 Å². The molecule has 0 unspecified atom stereocenters. The highest BCUT2D eigenvalue weighted by atomic mass is 32.2. The summed E-state index contributed by atoms with van der Waals surface area (Å²) < 4.78 is 5.41. The lowest BCUT2D eigenvalue weighted by Crippen LogP contribution is -2.29. The zero-order valence-corrected chi connectivity index (χ0v) is 17.6. The fourth-order valence-corrected chi connectivity index (χ4v) is 5.69. The number of ether oxygens (including phenoxy) is 1. The third-order valence-electron chi connectivity index (χ3n) is 4.60. The molecule has 5 nitrogen and oxygen atoms in total. The smallest absolute Gasteiger partial charge is 0.269 e. The molecule has 0 atom stereocenters. The van der Waals surface area contributed by atoms with Crippen molar-refractivity contribution in [3.8, 4) is 5.75 Å². The maximum absolute atomic E-state index is 13.2. The van der Waals surface area contributed by atoms with Gasteiger partial charge in [0.15, 0.2) is 5.17 Å². The van der Waals surface area contributed by atoms with Crippen molar-refractivity contribution < 1.29 is 9.53 Å². The Morgan fingerprint density at radius 3 is 2.43 bits per heavy atom. The van der Waals surface area contributed by atoms with Crippen LogP contribution in [0.15, 0.2) is 68.4 Å². The van der Waals surface area contributed by atoms with Gasteiger partial charge in [-0.25, -0.2) is 4.99 Å². The van der Waals surface area contributed by atoms with Crippen LogP contribution in [0, 0.1) is 0 Å². The van der Waals surface area contributed by atoms with Crippen LogP contribution in [0.5, 0.6) is 5.75 Å². The number of benzene rings is 2. The zero-order chi connectivity index (χ0) is 19.7. The molecule has 2 heterocycles. The van der Waals surface area contributed by atoms with Crippen LogP contribution in [0.25, 0.3) is 0 Å². The van der Waals surface area contributed by atoms with E-state index in [0.29, 0.717) is 17.5 Å². The van der Waals surface area contributed by atoms with Gasteiger partial charge in [0.2, 0.25) is 0 Å². The minimum absolute atomic E-state index is 0.00917. The summed E-state index contributed by atoms with van der Waals surface area (Å²) in [4.78, 5) is 23.8. The van der Waals surface area contributed by atoms with E-state index < -0.39 is 0 Å². The van der Waals surface area contributed by atoms with Crippen LogP contribution < -0.4 is 9.64 Å². The van der Waals surface area contributed by atoms with Gasteiger partial charge in [-0.3, -0.25) is 9.69 Å². The highest BCUT2D eigenvalue weighted by Crippen LogP contribution is 2.50. The van der Waals surface area contributed by atoms with Crippen LogP contribution in [0.2, 0.25) is 0 Å². The van der Waals surface area contributed by atoms with Gasteiger partial charge < -0.3 is 9.64 Å². The SMILES string of the molecule is CCN1C(=O)/C(=C2/Sc3ccccc3N2CC)SC1=Nc1ccccc1OC. The first kappa shape index (κ1) is 19.0. The van der Waals surface area contributed by atoms with Crippen LogP contribution in [-0.2, 0) is 4.79 Å². The van der Waals surface area contributed by atoms with Crippen LogP contribution in [0.4, 0.5) is 11.4 Å². The number of para-hydroxylation sites is 3. The fraction of sp³-hybridized carbons (Fsp3) is 0.238. The lowest BCUT2D eigenvalue weighted by molar-refractivity contribution is -0.122. The molecule has 0 spiro atoms. The third kappa shape index (κ3) is 3.18. The Bertz CT molecular complexity index is 987. The number of likely N-dealkylation sites (N-methyl/N-ethyl adjacent to an activating group) is 1. The number of fused-ring (bicyclic) bond motifs is 1. The van der Waals surface area contributed by atoms with E-state index in [1.54, 1.807) is 23.8 Å². The summed E-state index contributed by atoms with van der Waals surface area (Å²) in [5.74, 6) is 0.702. The van der Waals surface area contributed by atoms with Crippen molar-refractivity contribution in [3.63, 3.8) is 0 Å². The minimum Gasteiger partial charge on any atom is -0.494 e. The number of amides is 1. The molecule has 0 radical (unpaired) electrons.